The molecule has 0 unspecified atom stereocenters. The molecule has 1 N–H and O–H groups in total. The maximum atomic E-state index is 16.9. The van der Waals surface area contributed by atoms with Crippen molar-refractivity contribution in [3.63, 3.8) is 0 Å². The molecule has 3 saturated heterocycles. The minimum Gasteiger partial charge on any atom is -0.461 e. The van der Waals surface area contributed by atoms with Crippen LogP contribution in [0.25, 0.3) is 39.1 Å². The Morgan fingerprint density at radius 1 is 1.18 bits per heavy atom. The molecule has 3 aromatic heterocycles. The number of ether oxygens (including phenoxy) is 3. The minimum absolute atomic E-state index is 0.0136. The summed E-state index contributed by atoms with van der Waals surface area (Å²) in [7, 11) is 0. The summed E-state index contributed by atoms with van der Waals surface area (Å²) in [5.41, 5.74) is 1.07. The van der Waals surface area contributed by atoms with E-state index in [1.54, 1.807) is 30.6 Å². The van der Waals surface area contributed by atoms with Crippen molar-refractivity contribution in [2.24, 2.45) is 0 Å². The molecular formula is C31H30ClF2N7O4. The van der Waals surface area contributed by atoms with Gasteiger partial charge in [-0.1, -0.05) is 17.7 Å². The zero-order valence-electron chi connectivity index (χ0n) is 24.3. The molecule has 0 saturated carbocycles. The number of alkyl halides is 1. The van der Waals surface area contributed by atoms with Crippen LogP contribution in [0.15, 0.2) is 24.5 Å². The molecule has 5 aliphatic heterocycles. The van der Waals surface area contributed by atoms with Gasteiger partial charge in [0.25, 0.3) is 0 Å². The van der Waals surface area contributed by atoms with Crippen molar-refractivity contribution in [3.05, 3.63) is 40.9 Å². The molecule has 1 aromatic carbocycles. The standard InChI is InChI=1S/C31H30ClF2N7O4/c32-22-10-23-20(13-36-39-23)24-19(22)5-2-9-43-30(42)45-18-4-1-7-40(15-18)28-21-12-35-27(24)25(34)26(21)37-29(38-28)44-16-31-6-3-8-41(31)14-17(33)11-31/h2,5,10,12-13,17-18H,1,3-4,6-9,11,14-16H2,(H,36,39)/b5-2+/t17-,18-,31+/m1/s1. The van der Waals surface area contributed by atoms with Crippen LogP contribution >= 0.6 is 11.6 Å². The van der Waals surface area contributed by atoms with Crippen molar-refractivity contribution >= 4 is 51.5 Å². The molecule has 45 heavy (non-hydrogen) atoms. The van der Waals surface area contributed by atoms with Gasteiger partial charge in [0.2, 0.25) is 0 Å². The molecule has 4 aromatic rings. The number of nitrogens with one attached hydrogen (secondary N) is 1. The van der Waals surface area contributed by atoms with Crippen molar-refractivity contribution < 1.29 is 27.8 Å². The first-order valence-corrected chi connectivity index (χ1v) is 15.6. The lowest BCUT2D eigenvalue weighted by molar-refractivity contribution is 0.0248. The van der Waals surface area contributed by atoms with E-state index in [0.29, 0.717) is 77.2 Å². The molecule has 5 aliphatic rings. The molecule has 0 spiro atoms. The maximum absolute atomic E-state index is 16.9. The van der Waals surface area contributed by atoms with E-state index >= 15 is 4.39 Å². The molecule has 0 aliphatic carbocycles. The lowest BCUT2D eigenvalue weighted by Gasteiger charge is -2.34. The number of pyridine rings is 1. The Bertz CT molecular complexity index is 1850. The van der Waals surface area contributed by atoms with Crippen molar-refractivity contribution in [2.75, 3.05) is 44.3 Å². The topological polar surface area (TPSA) is 119 Å². The van der Waals surface area contributed by atoms with E-state index in [0.717, 1.165) is 19.4 Å². The highest BCUT2D eigenvalue weighted by atomic mass is 35.5. The van der Waals surface area contributed by atoms with Gasteiger partial charge in [-0.05, 0) is 44.4 Å². The Morgan fingerprint density at radius 3 is 3.00 bits per heavy atom. The van der Waals surface area contributed by atoms with Gasteiger partial charge in [0.1, 0.15) is 42.5 Å². The number of hydrogen-bond donors (Lipinski definition) is 1. The van der Waals surface area contributed by atoms with E-state index in [4.69, 9.17) is 30.8 Å². The van der Waals surface area contributed by atoms with Gasteiger partial charge in [0, 0.05) is 42.2 Å². The van der Waals surface area contributed by atoms with Gasteiger partial charge in [-0.25, -0.2) is 13.6 Å². The summed E-state index contributed by atoms with van der Waals surface area (Å²) in [6, 6.07) is 1.68. The van der Waals surface area contributed by atoms with Crippen LogP contribution < -0.4 is 9.64 Å². The number of aromatic amines is 1. The highest BCUT2D eigenvalue weighted by Gasteiger charge is 2.49. The van der Waals surface area contributed by atoms with Gasteiger partial charge in [-0.3, -0.25) is 15.0 Å². The third kappa shape index (κ3) is 4.92. The predicted molar refractivity (Wildman–Crippen MR) is 163 cm³/mol. The van der Waals surface area contributed by atoms with Crippen LogP contribution in [0.4, 0.5) is 19.4 Å². The second-order valence-corrected chi connectivity index (χ2v) is 12.6. The van der Waals surface area contributed by atoms with Crippen LogP contribution in [-0.4, -0.2) is 93.4 Å². The van der Waals surface area contributed by atoms with E-state index in [9.17, 15) is 9.18 Å². The number of anilines is 1. The monoisotopic (exact) mass is 637 g/mol. The van der Waals surface area contributed by atoms with Crippen LogP contribution in [0.2, 0.25) is 5.02 Å². The fourth-order valence-electron chi connectivity index (χ4n) is 7.32. The van der Waals surface area contributed by atoms with Gasteiger partial charge in [-0.2, -0.15) is 15.1 Å². The van der Waals surface area contributed by atoms with Crippen molar-refractivity contribution in [1.82, 2.24) is 30.0 Å². The van der Waals surface area contributed by atoms with Crippen molar-refractivity contribution in [1.29, 1.82) is 0 Å². The molecule has 8 heterocycles. The average molecular weight is 638 g/mol. The smallest absolute Gasteiger partial charge is 0.461 e. The van der Waals surface area contributed by atoms with E-state index in [1.165, 1.54) is 0 Å². The number of aromatic nitrogens is 5. The molecular weight excluding hydrogens is 608 g/mol. The SMILES string of the molecule is O=C1OC/C=C/c2c(Cl)cc3[nH]ncc3c2-c2ncc3c(nc(OC[C@@]45CCCN4C[C@H](F)C5)nc3c2F)N2CCC[C@H](C2)O1. The van der Waals surface area contributed by atoms with E-state index < -0.39 is 29.8 Å². The lowest BCUT2D eigenvalue weighted by Crippen LogP contribution is -2.43. The number of carbonyl (C=O) groups is 1. The predicted octanol–water partition coefficient (Wildman–Crippen LogP) is 5.46. The quantitative estimate of drug-likeness (QED) is 0.290. The minimum atomic E-state index is -0.919. The number of nitrogens with zero attached hydrogens (tertiary/aromatic N) is 6. The zero-order chi connectivity index (χ0) is 30.7. The number of halogens is 3. The first kappa shape index (κ1) is 28.4. The van der Waals surface area contributed by atoms with E-state index in [2.05, 4.69) is 25.1 Å². The van der Waals surface area contributed by atoms with E-state index in [-0.39, 0.29) is 30.4 Å². The average Bonchev–Trinajstić information content (AvgIpc) is 3.72. The van der Waals surface area contributed by atoms with Crippen LogP contribution in [0.5, 0.6) is 6.01 Å². The van der Waals surface area contributed by atoms with E-state index in [1.807, 2.05) is 4.90 Å². The number of hydrogen-bond acceptors (Lipinski definition) is 10. The summed E-state index contributed by atoms with van der Waals surface area (Å²) in [5, 5.41) is 8.33. The third-order valence-electron chi connectivity index (χ3n) is 9.37. The Hall–Kier alpha value is -4.10. The second kappa shape index (κ2) is 11.1. The summed E-state index contributed by atoms with van der Waals surface area (Å²) >= 11 is 6.69. The first-order chi connectivity index (χ1) is 21.9. The van der Waals surface area contributed by atoms with Gasteiger partial charge in [0.05, 0.1) is 34.2 Å². The summed E-state index contributed by atoms with van der Waals surface area (Å²) in [6.07, 6.45) is 7.71. The Kier molecular flexibility index (Phi) is 6.97. The molecule has 6 bridgehead atoms. The molecule has 0 amide bonds. The fraction of sp³-hybridized carbons (Fsp3) is 0.452. The second-order valence-electron chi connectivity index (χ2n) is 12.1. The van der Waals surface area contributed by atoms with Crippen molar-refractivity contribution in [2.45, 2.75) is 49.9 Å². The van der Waals surface area contributed by atoms with Gasteiger partial charge in [-0.15, -0.1) is 0 Å². The Balaban J connectivity index is 1.30. The summed E-state index contributed by atoms with van der Waals surface area (Å²) in [6.45, 7) is 2.21. The zero-order valence-corrected chi connectivity index (χ0v) is 25.0. The third-order valence-corrected chi connectivity index (χ3v) is 9.68. The number of benzene rings is 1. The summed E-state index contributed by atoms with van der Waals surface area (Å²) in [4.78, 5) is 30.6. The molecule has 3 fully saturated rings. The molecule has 14 heteroatoms. The largest absolute Gasteiger partial charge is 0.508 e. The number of fused-ring (bicyclic) bond motifs is 7. The van der Waals surface area contributed by atoms with Crippen LogP contribution in [0.1, 0.15) is 37.7 Å². The molecule has 234 valence electrons. The molecule has 3 atom stereocenters. The molecule has 0 radical (unpaired) electrons. The summed E-state index contributed by atoms with van der Waals surface area (Å²) in [5.74, 6) is -0.258. The maximum Gasteiger partial charge on any atom is 0.508 e. The molecule has 11 nitrogen and oxygen atoms in total. The Labute approximate surface area is 261 Å². The summed E-state index contributed by atoms with van der Waals surface area (Å²) < 4.78 is 48.5. The van der Waals surface area contributed by atoms with Crippen LogP contribution in [0, 0.1) is 5.82 Å². The number of H-pyrrole nitrogens is 1. The van der Waals surface area contributed by atoms with Gasteiger partial charge >= 0.3 is 12.2 Å². The number of rotatable bonds is 3. The number of piperidine rings is 1. The van der Waals surface area contributed by atoms with Gasteiger partial charge < -0.3 is 19.1 Å². The van der Waals surface area contributed by atoms with Crippen LogP contribution in [0.3, 0.4) is 0 Å². The lowest BCUT2D eigenvalue weighted by atomic mass is 9.95. The van der Waals surface area contributed by atoms with Crippen molar-refractivity contribution in [3.8, 4) is 17.3 Å². The normalized spacial score (nSPS) is 25.8. The Morgan fingerprint density at radius 2 is 2.09 bits per heavy atom. The fourth-order valence-corrected chi connectivity index (χ4v) is 7.59. The number of carbonyl (C=O) groups excluding carboxylic acids is 1. The molecule has 9 rings (SSSR count). The van der Waals surface area contributed by atoms with Crippen LogP contribution in [-0.2, 0) is 9.47 Å². The highest BCUT2D eigenvalue weighted by molar-refractivity contribution is 6.33. The first-order valence-electron chi connectivity index (χ1n) is 15.2. The van der Waals surface area contributed by atoms with Gasteiger partial charge in [0.15, 0.2) is 5.82 Å². The highest BCUT2D eigenvalue weighted by Crippen LogP contribution is 2.42.